The normalized spacial score (nSPS) is 26.8. The molecule has 4 heteroatoms. The molecule has 2 bridgehead atoms. The molecule has 0 N–H and O–H groups in total. The number of fused-ring (bicyclic) bond motifs is 1. The van der Waals surface area contributed by atoms with E-state index in [0.717, 1.165) is 34.3 Å². The Morgan fingerprint density at radius 3 is 2.57 bits per heavy atom. The molecule has 1 saturated carbocycles. The van der Waals surface area contributed by atoms with E-state index in [1.54, 1.807) is 11.3 Å². The molecule has 3 heterocycles. The molecule has 108 valence electrons. The van der Waals surface area contributed by atoms with Crippen LogP contribution in [-0.4, -0.2) is 27.9 Å². The lowest BCUT2D eigenvalue weighted by atomic mass is 9.75. The van der Waals surface area contributed by atoms with Crippen molar-refractivity contribution in [1.29, 1.82) is 0 Å². The first kappa shape index (κ1) is 13.0. The minimum Gasteiger partial charge on any atom is -0.333 e. The summed E-state index contributed by atoms with van der Waals surface area (Å²) in [6.07, 6.45) is 2.35. The number of carbonyl (C=O) groups excluding carboxylic acids is 1. The predicted molar refractivity (Wildman–Crippen MR) is 84.5 cm³/mol. The van der Waals surface area contributed by atoms with Crippen LogP contribution in [0.15, 0.2) is 29.6 Å². The average molecular weight is 298 g/mol. The van der Waals surface area contributed by atoms with Crippen molar-refractivity contribution >= 4 is 17.2 Å². The lowest BCUT2D eigenvalue weighted by molar-refractivity contribution is 0.0611. The molecular weight excluding hydrogens is 280 g/mol. The molecule has 5 rings (SSSR count). The summed E-state index contributed by atoms with van der Waals surface area (Å²) < 4.78 is 0. The van der Waals surface area contributed by atoms with Crippen LogP contribution < -0.4 is 0 Å². The molecule has 1 aliphatic carbocycles. The number of hydrogen-bond donors (Lipinski definition) is 0. The zero-order chi connectivity index (χ0) is 14.6. The third kappa shape index (κ3) is 2.01. The van der Waals surface area contributed by atoms with Gasteiger partial charge in [0.15, 0.2) is 0 Å². The van der Waals surface area contributed by atoms with Gasteiger partial charge < -0.3 is 4.90 Å². The number of benzene rings is 1. The number of hydrogen-bond acceptors (Lipinski definition) is 3. The summed E-state index contributed by atoms with van der Waals surface area (Å²) in [6, 6.07) is 7.88. The van der Waals surface area contributed by atoms with E-state index in [4.69, 9.17) is 0 Å². The Hall–Kier alpha value is -1.68. The second-order valence-corrected chi connectivity index (χ2v) is 7.58. The van der Waals surface area contributed by atoms with Crippen molar-refractivity contribution in [1.82, 2.24) is 9.88 Å². The number of aryl methyl sites for hydroxylation is 1. The quantitative estimate of drug-likeness (QED) is 0.846. The fourth-order valence-corrected chi connectivity index (χ4v) is 4.40. The van der Waals surface area contributed by atoms with Crippen LogP contribution in [0.25, 0.3) is 11.3 Å². The van der Waals surface area contributed by atoms with E-state index in [2.05, 4.69) is 22.2 Å². The summed E-state index contributed by atoms with van der Waals surface area (Å²) in [5.41, 5.74) is 2.98. The monoisotopic (exact) mass is 298 g/mol. The molecule has 1 aromatic carbocycles. The zero-order valence-corrected chi connectivity index (χ0v) is 13.1. The molecule has 0 unspecified atom stereocenters. The van der Waals surface area contributed by atoms with E-state index in [1.807, 2.05) is 31.2 Å². The van der Waals surface area contributed by atoms with Crippen molar-refractivity contribution in [3.63, 3.8) is 0 Å². The molecular formula is C17H18N2OS. The molecule has 0 radical (unpaired) electrons. The average Bonchev–Trinajstić information content (AvgIpc) is 3.10. The maximum Gasteiger partial charge on any atom is 0.254 e. The highest BCUT2D eigenvalue weighted by molar-refractivity contribution is 7.09. The number of thiazole rings is 1. The maximum absolute atomic E-state index is 12.7. The molecule has 2 aliphatic heterocycles. The zero-order valence-electron chi connectivity index (χ0n) is 12.3. The number of carbonyl (C=O) groups is 1. The molecule has 21 heavy (non-hydrogen) atoms. The first-order valence-corrected chi connectivity index (χ1v) is 8.28. The number of nitrogens with zero attached hydrogens (tertiary/aromatic N) is 2. The van der Waals surface area contributed by atoms with Crippen molar-refractivity contribution in [3.05, 3.63) is 40.2 Å². The maximum atomic E-state index is 12.7. The Morgan fingerprint density at radius 1 is 1.33 bits per heavy atom. The van der Waals surface area contributed by atoms with Crippen molar-refractivity contribution in [3.8, 4) is 11.3 Å². The van der Waals surface area contributed by atoms with Gasteiger partial charge in [-0.05, 0) is 44.7 Å². The standard InChI is InChI=1S/C17H18N2OS/c1-11-18-15(10-21-11)13-3-5-14(6-4-13)16(20)19-9-12-7-17(19,2)8-12/h3-6,10,12H,7-9H2,1-2H3. The topological polar surface area (TPSA) is 33.2 Å². The SMILES string of the molecule is Cc1nc(-c2ccc(C(=O)N3CC4CC3(C)C4)cc2)cs1. The van der Waals surface area contributed by atoms with Crippen LogP contribution >= 0.6 is 11.3 Å². The lowest BCUT2D eigenvalue weighted by Gasteiger charge is -2.38. The summed E-state index contributed by atoms with van der Waals surface area (Å²) in [4.78, 5) is 19.2. The van der Waals surface area contributed by atoms with E-state index in [1.165, 1.54) is 12.8 Å². The second kappa shape index (κ2) is 4.41. The van der Waals surface area contributed by atoms with E-state index in [9.17, 15) is 4.79 Å². The van der Waals surface area contributed by atoms with Crippen LogP contribution in [0.1, 0.15) is 35.1 Å². The van der Waals surface area contributed by atoms with Gasteiger partial charge in [0.05, 0.1) is 10.7 Å². The first-order valence-electron chi connectivity index (χ1n) is 7.40. The molecule has 2 saturated heterocycles. The Labute approximate surface area is 128 Å². The van der Waals surface area contributed by atoms with Crippen LogP contribution in [0, 0.1) is 12.8 Å². The van der Waals surface area contributed by atoms with E-state index >= 15 is 0 Å². The summed E-state index contributed by atoms with van der Waals surface area (Å²) in [6.45, 7) is 5.15. The Bertz CT molecular complexity index is 698. The second-order valence-electron chi connectivity index (χ2n) is 6.52. The lowest BCUT2D eigenvalue weighted by Crippen LogP contribution is -2.45. The highest BCUT2D eigenvalue weighted by Gasteiger charge is 2.54. The highest BCUT2D eigenvalue weighted by atomic mass is 32.1. The molecule has 1 aromatic heterocycles. The van der Waals surface area contributed by atoms with Crippen LogP contribution in [0.5, 0.6) is 0 Å². The molecule has 3 aliphatic rings. The number of amides is 1. The molecule has 3 nitrogen and oxygen atoms in total. The van der Waals surface area contributed by atoms with Gasteiger partial charge in [0.2, 0.25) is 0 Å². The molecule has 2 aromatic rings. The largest absolute Gasteiger partial charge is 0.333 e. The van der Waals surface area contributed by atoms with Gasteiger partial charge in [-0.25, -0.2) is 4.98 Å². The Morgan fingerprint density at radius 2 is 2.05 bits per heavy atom. The van der Waals surface area contributed by atoms with Gasteiger partial charge in [0.25, 0.3) is 5.91 Å². The molecule has 0 spiro atoms. The summed E-state index contributed by atoms with van der Waals surface area (Å²) in [7, 11) is 0. The fraction of sp³-hybridized carbons (Fsp3) is 0.412. The van der Waals surface area contributed by atoms with Crippen molar-refractivity contribution in [2.45, 2.75) is 32.2 Å². The fourth-order valence-electron chi connectivity index (χ4n) is 3.78. The van der Waals surface area contributed by atoms with Gasteiger partial charge >= 0.3 is 0 Å². The van der Waals surface area contributed by atoms with E-state index in [-0.39, 0.29) is 11.4 Å². The number of aromatic nitrogens is 1. The van der Waals surface area contributed by atoms with Gasteiger partial charge in [0, 0.05) is 28.6 Å². The minimum absolute atomic E-state index is 0.118. The van der Waals surface area contributed by atoms with Gasteiger partial charge in [-0.3, -0.25) is 4.79 Å². The smallest absolute Gasteiger partial charge is 0.254 e. The summed E-state index contributed by atoms with van der Waals surface area (Å²) >= 11 is 1.65. The van der Waals surface area contributed by atoms with Crippen molar-refractivity contribution in [2.24, 2.45) is 5.92 Å². The van der Waals surface area contributed by atoms with E-state index in [0.29, 0.717) is 0 Å². The minimum atomic E-state index is 0.118. The van der Waals surface area contributed by atoms with Gasteiger partial charge in [0.1, 0.15) is 0 Å². The molecule has 3 fully saturated rings. The van der Waals surface area contributed by atoms with Crippen LogP contribution in [-0.2, 0) is 0 Å². The van der Waals surface area contributed by atoms with Gasteiger partial charge in [-0.2, -0.15) is 0 Å². The van der Waals surface area contributed by atoms with Gasteiger partial charge in [-0.15, -0.1) is 11.3 Å². The van der Waals surface area contributed by atoms with Crippen molar-refractivity contribution in [2.75, 3.05) is 6.54 Å². The summed E-state index contributed by atoms with van der Waals surface area (Å²) in [5.74, 6) is 0.912. The van der Waals surface area contributed by atoms with Crippen LogP contribution in [0.4, 0.5) is 0 Å². The molecule has 1 amide bonds. The van der Waals surface area contributed by atoms with E-state index < -0.39 is 0 Å². The molecule has 0 atom stereocenters. The van der Waals surface area contributed by atoms with Gasteiger partial charge in [-0.1, -0.05) is 12.1 Å². The van der Waals surface area contributed by atoms with Crippen LogP contribution in [0.3, 0.4) is 0 Å². The Kier molecular flexibility index (Phi) is 2.73. The van der Waals surface area contributed by atoms with Crippen LogP contribution in [0.2, 0.25) is 0 Å². The summed E-state index contributed by atoms with van der Waals surface area (Å²) in [5, 5.41) is 3.12. The third-order valence-electron chi connectivity index (χ3n) is 4.84. The highest BCUT2D eigenvalue weighted by Crippen LogP contribution is 2.50. The van der Waals surface area contributed by atoms with Crippen molar-refractivity contribution < 1.29 is 4.79 Å². The predicted octanol–water partition coefficient (Wildman–Crippen LogP) is 3.74. The Balaban J connectivity index is 1.58. The third-order valence-corrected chi connectivity index (χ3v) is 5.61. The first-order chi connectivity index (χ1) is 10.0. The number of rotatable bonds is 2.